The number of hydrogen-bond donors (Lipinski definition) is 2. The topological polar surface area (TPSA) is 91.0 Å². The summed E-state index contributed by atoms with van der Waals surface area (Å²) in [6.07, 6.45) is 2.46. The molecule has 0 radical (unpaired) electrons. The molecule has 0 bridgehead atoms. The van der Waals surface area contributed by atoms with Crippen molar-refractivity contribution in [3.8, 4) is 0 Å². The van der Waals surface area contributed by atoms with Crippen molar-refractivity contribution in [2.24, 2.45) is 0 Å². The van der Waals surface area contributed by atoms with E-state index in [0.717, 1.165) is 18.8 Å². The Balaban J connectivity index is 1.41. The van der Waals surface area contributed by atoms with Gasteiger partial charge in [-0.15, -0.1) is 0 Å². The summed E-state index contributed by atoms with van der Waals surface area (Å²) in [5.41, 5.74) is 3.16. The fourth-order valence-electron chi connectivity index (χ4n) is 4.19. The van der Waals surface area contributed by atoms with E-state index in [1.54, 1.807) is 26.0 Å². The van der Waals surface area contributed by atoms with Crippen molar-refractivity contribution in [1.29, 1.82) is 0 Å². The maximum absolute atomic E-state index is 13.1. The van der Waals surface area contributed by atoms with Gasteiger partial charge in [-0.1, -0.05) is 6.07 Å². The number of benzene rings is 2. The maximum Gasteiger partial charge on any atom is 0.246 e. The lowest BCUT2D eigenvalue weighted by Crippen LogP contribution is -2.40. The molecule has 2 aromatic rings. The molecule has 2 saturated heterocycles. The minimum absolute atomic E-state index is 0.209. The van der Waals surface area contributed by atoms with E-state index in [0.29, 0.717) is 37.6 Å². The molecule has 2 N–H and O–H groups in total. The van der Waals surface area contributed by atoms with Gasteiger partial charge in [0, 0.05) is 43.2 Å². The van der Waals surface area contributed by atoms with Crippen molar-refractivity contribution < 1.29 is 17.9 Å². The molecule has 0 aromatic heterocycles. The van der Waals surface area contributed by atoms with Crippen LogP contribution in [-0.2, 0) is 19.6 Å². The third kappa shape index (κ3) is 5.48. The monoisotopic (exact) mass is 472 g/mol. The van der Waals surface area contributed by atoms with Crippen LogP contribution in [0.2, 0.25) is 0 Å². The Morgan fingerprint density at radius 3 is 2.27 bits per heavy atom. The van der Waals surface area contributed by atoms with Gasteiger partial charge in [0.1, 0.15) is 6.04 Å². The zero-order valence-electron chi connectivity index (χ0n) is 19.2. The van der Waals surface area contributed by atoms with Gasteiger partial charge in [0.2, 0.25) is 15.9 Å². The molecule has 0 saturated carbocycles. The number of nitrogens with one attached hydrogen (secondary N) is 2. The summed E-state index contributed by atoms with van der Waals surface area (Å²) >= 11 is 0. The van der Waals surface area contributed by atoms with Crippen LogP contribution in [0.4, 0.5) is 17.1 Å². The van der Waals surface area contributed by atoms with Crippen LogP contribution < -0.4 is 15.5 Å². The summed E-state index contributed by atoms with van der Waals surface area (Å²) in [4.78, 5) is 15.4. The first-order chi connectivity index (χ1) is 15.8. The van der Waals surface area contributed by atoms with Gasteiger partial charge in [-0.05, 0) is 68.7 Å². The van der Waals surface area contributed by atoms with Crippen LogP contribution in [0.1, 0.15) is 25.3 Å². The molecule has 178 valence electrons. The van der Waals surface area contributed by atoms with Crippen molar-refractivity contribution in [1.82, 2.24) is 4.31 Å². The minimum atomic E-state index is -3.65. The summed E-state index contributed by atoms with van der Waals surface area (Å²) in [7, 11) is -3.65. The van der Waals surface area contributed by atoms with Crippen molar-refractivity contribution in [2.75, 3.05) is 54.9 Å². The molecule has 2 aliphatic heterocycles. The van der Waals surface area contributed by atoms with E-state index in [1.807, 2.05) is 12.1 Å². The van der Waals surface area contributed by atoms with Crippen LogP contribution in [0.15, 0.2) is 47.4 Å². The highest BCUT2D eigenvalue weighted by Crippen LogP contribution is 2.25. The fraction of sp³-hybridized carbons (Fsp3) is 0.458. The number of amides is 1. The minimum Gasteiger partial charge on any atom is -0.379 e. The van der Waals surface area contributed by atoms with E-state index < -0.39 is 16.1 Å². The lowest BCUT2D eigenvalue weighted by molar-refractivity contribution is -0.116. The molecular formula is C24H32N4O4S. The first-order valence-corrected chi connectivity index (χ1v) is 12.9. The van der Waals surface area contributed by atoms with Crippen molar-refractivity contribution in [2.45, 2.75) is 37.6 Å². The molecule has 1 atom stereocenters. The van der Waals surface area contributed by atoms with Gasteiger partial charge in [0.15, 0.2) is 0 Å². The van der Waals surface area contributed by atoms with Gasteiger partial charge in [-0.2, -0.15) is 4.31 Å². The predicted octanol–water partition coefficient (Wildman–Crippen LogP) is 3.06. The van der Waals surface area contributed by atoms with Crippen molar-refractivity contribution in [3.63, 3.8) is 0 Å². The number of carbonyl (C=O) groups excluding carboxylic acids is 1. The van der Waals surface area contributed by atoms with E-state index in [4.69, 9.17) is 4.74 Å². The number of sulfonamides is 1. The first-order valence-electron chi connectivity index (χ1n) is 11.5. The van der Waals surface area contributed by atoms with Crippen LogP contribution in [0.5, 0.6) is 0 Å². The Morgan fingerprint density at radius 1 is 0.970 bits per heavy atom. The van der Waals surface area contributed by atoms with E-state index in [2.05, 4.69) is 27.7 Å². The molecule has 0 unspecified atom stereocenters. The summed E-state index contributed by atoms with van der Waals surface area (Å²) in [5, 5.41) is 6.06. The van der Waals surface area contributed by atoms with E-state index in [9.17, 15) is 13.2 Å². The maximum atomic E-state index is 13.1. The van der Waals surface area contributed by atoms with Gasteiger partial charge in [0.05, 0.1) is 18.1 Å². The first kappa shape index (κ1) is 23.5. The Kier molecular flexibility index (Phi) is 7.21. The molecule has 0 aliphatic carbocycles. The van der Waals surface area contributed by atoms with E-state index in [-0.39, 0.29) is 10.8 Å². The van der Waals surface area contributed by atoms with Crippen LogP contribution in [0.25, 0.3) is 0 Å². The number of anilines is 3. The third-order valence-corrected chi connectivity index (χ3v) is 8.20. The van der Waals surface area contributed by atoms with Crippen LogP contribution in [0, 0.1) is 6.92 Å². The molecule has 2 heterocycles. The van der Waals surface area contributed by atoms with E-state index >= 15 is 0 Å². The van der Waals surface area contributed by atoms with Gasteiger partial charge in [0.25, 0.3) is 0 Å². The zero-order valence-corrected chi connectivity index (χ0v) is 20.0. The van der Waals surface area contributed by atoms with Crippen molar-refractivity contribution >= 4 is 33.0 Å². The average molecular weight is 473 g/mol. The Labute approximate surface area is 196 Å². The fourth-order valence-corrected chi connectivity index (χ4v) is 5.85. The molecule has 0 spiro atoms. The summed E-state index contributed by atoms with van der Waals surface area (Å²) in [6, 6.07) is 12.6. The Bertz CT molecular complexity index is 1080. The van der Waals surface area contributed by atoms with E-state index in [1.165, 1.54) is 28.9 Å². The van der Waals surface area contributed by atoms with Gasteiger partial charge < -0.3 is 20.3 Å². The second-order valence-electron chi connectivity index (χ2n) is 8.59. The molecule has 33 heavy (non-hydrogen) atoms. The second-order valence-corrected chi connectivity index (χ2v) is 10.5. The highest BCUT2D eigenvalue weighted by molar-refractivity contribution is 7.89. The summed E-state index contributed by atoms with van der Waals surface area (Å²) < 4.78 is 32.9. The normalized spacial score (nSPS) is 18.2. The largest absolute Gasteiger partial charge is 0.379 e. The Morgan fingerprint density at radius 2 is 1.61 bits per heavy atom. The molecule has 1 amide bonds. The average Bonchev–Trinajstić information content (AvgIpc) is 3.36. The van der Waals surface area contributed by atoms with Crippen LogP contribution in [-0.4, -0.2) is 64.1 Å². The molecule has 2 aromatic carbocycles. The predicted molar refractivity (Wildman–Crippen MR) is 130 cm³/mol. The third-order valence-electron chi connectivity index (χ3n) is 6.16. The van der Waals surface area contributed by atoms with Gasteiger partial charge in [-0.3, -0.25) is 4.79 Å². The molecule has 2 fully saturated rings. The van der Waals surface area contributed by atoms with Gasteiger partial charge >= 0.3 is 0 Å². The highest BCUT2D eigenvalue weighted by atomic mass is 32.2. The number of ether oxygens (including phenoxy) is 1. The van der Waals surface area contributed by atoms with Crippen LogP contribution in [0.3, 0.4) is 0 Å². The second kappa shape index (κ2) is 10.1. The molecular weight excluding hydrogens is 440 g/mol. The summed E-state index contributed by atoms with van der Waals surface area (Å²) in [5.74, 6) is -0.239. The van der Waals surface area contributed by atoms with Crippen LogP contribution >= 0.6 is 0 Å². The lowest BCUT2D eigenvalue weighted by atomic mass is 10.2. The quantitative estimate of drug-likeness (QED) is 0.644. The number of hydrogen-bond acceptors (Lipinski definition) is 6. The number of morpholine rings is 1. The zero-order chi connectivity index (χ0) is 23.4. The van der Waals surface area contributed by atoms with Crippen molar-refractivity contribution in [3.05, 3.63) is 48.0 Å². The highest BCUT2D eigenvalue weighted by Gasteiger charge is 2.28. The standard InChI is InChI=1S/C24H32N4O4S/c1-18-5-6-21(17-23(18)33(30,31)28-13-15-32-16-14-28)26-24(29)19(2)25-20-7-9-22(10-8-20)27-11-3-4-12-27/h5-10,17,19,25H,3-4,11-16H2,1-2H3,(H,26,29)/t19-/m0/s1. The Hall–Kier alpha value is -2.62. The smallest absolute Gasteiger partial charge is 0.246 e. The number of carbonyl (C=O) groups is 1. The molecule has 2 aliphatic rings. The molecule has 4 rings (SSSR count). The lowest BCUT2D eigenvalue weighted by Gasteiger charge is -2.27. The number of rotatable bonds is 7. The summed E-state index contributed by atoms with van der Waals surface area (Å²) in [6.45, 7) is 7.15. The SMILES string of the molecule is Cc1ccc(NC(=O)[C@H](C)Nc2ccc(N3CCCC3)cc2)cc1S(=O)(=O)N1CCOCC1. The van der Waals surface area contributed by atoms with Gasteiger partial charge in [-0.25, -0.2) is 8.42 Å². The number of aryl methyl sites for hydroxylation is 1. The molecule has 9 heteroatoms. The number of nitrogens with zero attached hydrogens (tertiary/aromatic N) is 2. The molecule has 8 nitrogen and oxygen atoms in total.